The predicted octanol–water partition coefficient (Wildman–Crippen LogP) is 3.31. The molecule has 20 heavy (non-hydrogen) atoms. The van der Waals surface area contributed by atoms with Crippen molar-refractivity contribution in [3.05, 3.63) is 34.8 Å². The summed E-state index contributed by atoms with van der Waals surface area (Å²) in [5, 5.41) is 5.08. The minimum atomic E-state index is -3.03. The standard InChI is InChI=1S/C12H12Cl2F2N2O2/c1-2-3-17-6-10(19)18-7-4-8(13)11(9(14)5-7)20-12(15)16/h2,4-5,12,17H,1,3,6H2,(H,18,19). The monoisotopic (exact) mass is 324 g/mol. The van der Waals surface area contributed by atoms with Crippen molar-refractivity contribution < 1.29 is 18.3 Å². The molecule has 1 aromatic rings. The van der Waals surface area contributed by atoms with Crippen molar-refractivity contribution in [2.24, 2.45) is 0 Å². The van der Waals surface area contributed by atoms with Gasteiger partial charge in [0.15, 0.2) is 5.75 Å². The van der Waals surface area contributed by atoms with Crippen LogP contribution >= 0.6 is 23.2 Å². The van der Waals surface area contributed by atoms with Gasteiger partial charge >= 0.3 is 6.61 Å². The van der Waals surface area contributed by atoms with E-state index in [4.69, 9.17) is 23.2 Å². The van der Waals surface area contributed by atoms with Gasteiger partial charge in [0.05, 0.1) is 16.6 Å². The summed E-state index contributed by atoms with van der Waals surface area (Å²) in [6.07, 6.45) is 1.61. The Morgan fingerprint density at radius 2 is 2.00 bits per heavy atom. The van der Waals surface area contributed by atoms with Crippen molar-refractivity contribution in [3.8, 4) is 5.75 Å². The Kier molecular flexibility index (Phi) is 6.70. The molecule has 4 nitrogen and oxygen atoms in total. The molecule has 0 unspecified atom stereocenters. The van der Waals surface area contributed by atoms with Crippen molar-refractivity contribution in [2.75, 3.05) is 18.4 Å². The maximum atomic E-state index is 12.1. The largest absolute Gasteiger partial charge is 0.432 e. The molecule has 0 heterocycles. The van der Waals surface area contributed by atoms with Crippen LogP contribution in [0.15, 0.2) is 24.8 Å². The average molecular weight is 325 g/mol. The minimum absolute atomic E-state index is 0.0660. The number of nitrogens with one attached hydrogen (secondary N) is 2. The highest BCUT2D eigenvalue weighted by Crippen LogP contribution is 2.36. The first-order valence-corrected chi connectivity index (χ1v) is 6.25. The normalized spacial score (nSPS) is 10.4. The number of alkyl halides is 2. The lowest BCUT2D eigenvalue weighted by molar-refractivity contribution is -0.115. The third-order valence-electron chi connectivity index (χ3n) is 2.06. The van der Waals surface area contributed by atoms with Crippen LogP contribution in [0.2, 0.25) is 10.0 Å². The van der Waals surface area contributed by atoms with Crippen LogP contribution in [-0.2, 0) is 4.79 Å². The molecule has 0 bridgehead atoms. The Labute approximate surface area is 124 Å². The first-order chi connectivity index (χ1) is 9.43. The number of ether oxygens (including phenoxy) is 1. The van der Waals surface area contributed by atoms with E-state index in [1.807, 2.05) is 0 Å². The number of halogens is 4. The predicted molar refractivity (Wildman–Crippen MR) is 74.8 cm³/mol. The minimum Gasteiger partial charge on any atom is -0.432 e. The zero-order valence-electron chi connectivity index (χ0n) is 10.3. The van der Waals surface area contributed by atoms with Gasteiger partial charge in [-0.1, -0.05) is 29.3 Å². The first-order valence-electron chi connectivity index (χ1n) is 5.49. The van der Waals surface area contributed by atoms with Crippen LogP contribution in [0.3, 0.4) is 0 Å². The molecule has 0 aliphatic heterocycles. The summed E-state index contributed by atoms with van der Waals surface area (Å²) in [6, 6.07) is 2.55. The molecule has 0 saturated carbocycles. The Hall–Kier alpha value is -1.37. The van der Waals surface area contributed by atoms with Crippen LogP contribution in [-0.4, -0.2) is 25.6 Å². The average Bonchev–Trinajstić information content (AvgIpc) is 2.34. The number of amides is 1. The van der Waals surface area contributed by atoms with Crippen molar-refractivity contribution >= 4 is 34.8 Å². The van der Waals surface area contributed by atoms with E-state index in [0.29, 0.717) is 6.54 Å². The second-order valence-corrected chi connectivity index (χ2v) is 4.43. The Morgan fingerprint density at radius 3 is 2.50 bits per heavy atom. The Morgan fingerprint density at radius 1 is 1.40 bits per heavy atom. The maximum Gasteiger partial charge on any atom is 0.387 e. The summed E-state index contributed by atoms with van der Waals surface area (Å²) in [7, 11) is 0. The van der Waals surface area contributed by atoms with Gasteiger partial charge in [-0.3, -0.25) is 4.79 Å². The van der Waals surface area contributed by atoms with Crippen molar-refractivity contribution in [1.82, 2.24) is 5.32 Å². The lowest BCUT2D eigenvalue weighted by Crippen LogP contribution is -2.28. The van der Waals surface area contributed by atoms with Gasteiger partial charge in [0, 0.05) is 12.2 Å². The summed E-state index contributed by atoms with van der Waals surface area (Å²) in [6.45, 7) is 1.01. The summed E-state index contributed by atoms with van der Waals surface area (Å²) in [5.74, 6) is -0.660. The van der Waals surface area contributed by atoms with Crippen LogP contribution in [0.5, 0.6) is 5.75 Å². The zero-order valence-corrected chi connectivity index (χ0v) is 11.8. The van der Waals surface area contributed by atoms with E-state index in [9.17, 15) is 13.6 Å². The second kappa shape index (κ2) is 8.04. The molecule has 0 aromatic heterocycles. The van der Waals surface area contributed by atoms with Gasteiger partial charge in [0.25, 0.3) is 0 Å². The summed E-state index contributed by atoms with van der Waals surface area (Å²) >= 11 is 11.5. The fourth-order valence-corrected chi connectivity index (χ4v) is 1.90. The highest BCUT2D eigenvalue weighted by Gasteiger charge is 2.15. The number of anilines is 1. The molecule has 110 valence electrons. The highest BCUT2D eigenvalue weighted by molar-refractivity contribution is 6.37. The van der Waals surface area contributed by atoms with E-state index in [-0.39, 0.29) is 33.9 Å². The van der Waals surface area contributed by atoms with Gasteiger partial charge in [-0.2, -0.15) is 8.78 Å². The number of carbonyl (C=O) groups is 1. The number of hydrogen-bond donors (Lipinski definition) is 2. The molecule has 8 heteroatoms. The van der Waals surface area contributed by atoms with Crippen LogP contribution in [0.1, 0.15) is 0 Å². The van der Waals surface area contributed by atoms with Crippen LogP contribution in [0.4, 0.5) is 14.5 Å². The summed E-state index contributed by atoms with van der Waals surface area (Å²) < 4.78 is 28.5. The van der Waals surface area contributed by atoms with Gasteiger partial charge in [-0.25, -0.2) is 0 Å². The topological polar surface area (TPSA) is 50.4 Å². The van der Waals surface area contributed by atoms with Gasteiger partial charge in [0.1, 0.15) is 0 Å². The Balaban J connectivity index is 2.73. The molecule has 0 fully saturated rings. The van der Waals surface area contributed by atoms with Gasteiger partial charge < -0.3 is 15.4 Å². The van der Waals surface area contributed by atoms with E-state index in [1.54, 1.807) is 6.08 Å². The fraction of sp³-hybridized carbons (Fsp3) is 0.250. The molecule has 0 saturated heterocycles. The van der Waals surface area contributed by atoms with Gasteiger partial charge in [-0.15, -0.1) is 6.58 Å². The molecule has 1 amide bonds. The number of carbonyl (C=O) groups excluding carboxylic acids is 1. The van der Waals surface area contributed by atoms with Gasteiger partial charge in [-0.05, 0) is 12.1 Å². The summed E-state index contributed by atoms with van der Waals surface area (Å²) in [4.78, 5) is 11.5. The number of benzene rings is 1. The fourth-order valence-electron chi connectivity index (χ4n) is 1.33. The van der Waals surface area contributed by atoms with Crippen molar-refractivity contribution in [1.29, 1.82) is 0 Å². The third-order valence-corrected chi connectivity index (χ3v) is 2.62. The molecule has 0 atom stereocenters. The van der Waals surface area contributed by atoms with Crippen molar-refractivity contribution in [3.63, 3.8) is 0 Å². The number of hydrogen-bond acceptors (Lipinski definition) is 3. The lowest BCUT2D eigenvalue weighted by atomic mass is 10.3. The van der Waals surface area contributed by atoms with E-state index in [0.717, 1.165) is 0 Å². The summed E-state index contributed by atoms with van der Waals surface area (Å²) in [5.41, 5.74) is 0.284. The van der Waals surface area contributed by atoms with Gasteiger partial charge in [0.2, 0.25) is 5.91 Å². The van der Waals surface area contributed by atoms with E-state index in [1.165, 1.54) is 12.1 Å². The second-order valence-electron chi connectivity index (χ2n) is 3.62. The molecule has 0 aliphatic rings. The molecular formula is C12H12Cl2F2N2O2. The SMILES string of the molecule is C=CCNCC(=O)Nc1cc(Cl)c(OC(F)F)c(Cl)c1. The Bertz CT molecular complexity index is 475. The molecular weight excluding hydrogens is 313 g/mol. The lowest BCUT2D eigenvalue weighted by Gasteiger charge is -2.11. The van der Waals surface area contributed by atoms with Crippen LogP contribution in [0, 0.1) is 0 Å². The van der Waals surface area contributed by atoms with Crippen LogP contribution in [0.25, 0.3) is 0 Å². The van der Waals surface area contributed by atoms with E-state index < -0.39 is 6.61 Å². The van der Waals surface area contributed by atoms with E-state index >= 15 is 0 Å². The quantitative estimate of drug-likeness (QED) is 0.597. The number of rotatable bonds is 7. The molecule has 0 radical (unpaired) electrons. The zero-order chi connectivity index (χ0) is 15.1. The molecule has 2 N–H and O–H groups in total. The van der Waals surface area contributed by atoms with Crippen molar-refractivity contribution in [2.45, 2.75) is 6.61 Å². The third kappa shape index (κ3) is 5.32. The molecule has 0 aliphatic carbocycles. The highest BCUT2D eigenvalue weighted by atomic mass is 35.5. The maximum absolute atomic E-state index is 12.1. The van der Waals surface area contributed by atoms with E-state index in [2.05, 4.69) is 21.9 Å². The van der Waals surface area contributed by atoms with Crippen LogP contribution < -0.4 is 15.4 Å². The smallest absolute Gasteiger partial charge is 0.387 e. The molecule has 1 aromatic carbocycles. The first kappa shape index (κ1) is 16.7. The molecule has 1 rings (SSSR count). The molecule has 0 spiro atoms.